The summed E-state index contributed by atoms with van der Waals surface area (Å²) < 4.78 is 5.47. The van der Waals surface area contributed by atoms with Crippen LogP contribution in [0.1, 0.15) is 37.3 Å². The first-order valence-corrected chi connectivity index (χ1v) is 6.14. The third kappa shape index (κ3) is 2.76. The minimum atomic E-state index is 0.158. The normalized spacial score (nSPS) is 17.2. The van der Waals surface area contributed by atoms with Gasteiger partial charge in [-0.25, -0.2) is 0 Å². The van der Waals surface area contributed by atoms with E-state index in [9.17, 15) is 0 Å². The summed E-state index contributed by atoms with van der Waals surface area (Å²) in [5, 5.41) is 0. The van der Waals surface area contributed by atoms with Crippen molar-refractivity contribution in [3.8, 4) is 5.75 Å². The third-order valence-electron chi connectivity index (χ3n) is 3.41. The fourth-order valence-electron chi connectivity index (χ4n) is 2.00. The zero-order valence-corrected chi connectivity index (χ0v) is 10.3. The highest BCUT2D eigenvalue weighted by Crippen LogP contribution is 2.36. The molecule has 2 N–H and O–H groups in total. The molecule has 88 valence electrons. The van der Waals surface area contributed by atoms with E-state index < -0.39 is 0 Å². The smallest absolute Gasteiger partial charge is 0.119 e. The van der Waals surface area contributed by atoms with Gasteiger partial charge in [0.25, 0.3) is 0 Å². The molecule has 0 atom stereocenters. The van der Waals surface area contributed by atoms with E-state index in [2.05, 4.69) is 25.1 Å². The van der Waals surface area contributed by atoms with Crippen LogP contribution in [0.15, 0.2) is 18.2 Å². The third-order valence-corrected chi connectivity index (χ3v) is 3.41. The molecule has 2 nitrogen and oxygen atoms in total. The van der Waals surface area contributed by atoms with Crippen LogP contribution in [-0.4, -0.2) is 12.1 Å². The van der Waals surface area contributed by atoms with E-state index in [-0.39, 0.29) is 5.54 Å². The van der Waals surface area contributed by atoms with Crippen molar-refractivity contribution in [2.24, 2.45) is 5.73 Å². The number of ether oxygens (including phenoxy) is 1. The number of nitrogens with two attached hydrogens (primary N) is 1. The molecule has 1 saturated carbocycles. The van der Waals surface area contributed by atoms with Crippen molar-refractivity contribution in [3.05, 3.63) is 29.3 Å². The first-order valence-electron chi connectivity index (χ1n) is 6.14. The van der Waals surface area contributed by atoms with Gasteiger partial charge in [0, 0.05) is 5.54 Å². The molecule has 0 saturated heterocycles. The summed E-state index contributed by atoms with van der Waals surface area (Å²) in [5.41, 5.74) is 8.97. The Morgan fingerprint density at radius 2 is 2.12 bits per heavy atom. The minimum Gasteiger partial charge on any atom is -0.494 e. The number of benzene rings is 1. The average molecular weight is 219 g/mol. The molecule has 2 rings (SSSR count). The monoisotopic (exact) mass is 219 g/mol. The molecule has 1 fully saturated rings. The van der Waals surface area contributed by atoms with Crippen LogP contribution < -0.4 is 10.5 Å². The van der Waals surface area contributed by atoms with Crippen LogP contribution in [0.2, 0.25) is 0 Å². The lowest BCUT2D eigenvalue weighted by Crippen LogP contribution is -2.22. The quantitative estimate of drug-likeness (QED) is 0.826. The summed E-state index contributed by atoms with van der Waals surface area (Å²) in [6.07, 6.45) is 4.60. The second kappa shape index (κ2) is 4.46. The predicted octanol–water partition coefficient (Wildman–Crippen LogP) is 2.82. The standard InChI is InChI=1S/C14H21NO/c1-3-16-13-5-4-12(11(2)10-13)6-7-14(15)8-9-14/h4-5,10H,3,6-9,15H2,1-2H3. The van der Waals surface area contributed by atoms with Crippen molar-refractivity contribution in [2.45, 2.75) is 45.1 Å². The molecule has 2 heteroatoms. The van der Waals surface area contributed by atoms with Gasteiger partial charge < -0.3 is 10.5 Å². The van der Waals surface area contributed by atoms with Gasteiger partial charge in [-0.2, -0.15) is 0 Å². The fourth-order valence-corrected chi connectivity index (χ4v) is 2.00. The summed E-state index contributed by atoms with van der Waals surface area (Å²) in [7, 11) is 0. The van der Waals surface area contributed by atoms with Crippen LogP contribution in [0.5, 0.6) is 5.75 Å². The second-order valence-electron chi connectivity index (χ2n) is 4.88. The molecule has 0 bridgehead atoms. The number of hydrogen-bond donors (Lipinski definition) is 1. The van der Waals surface area contributed by atoms with E-state index in [0.717, 1.165) is 25.2 Å². The second-order valence-corrected chi connectivity index (χ2v) is 4.88. The Morgan fingerprint density at radius 1 is 1.38 bits per heavy atom. The molecule has 0 unspecified atom stereocenters. The lowest BCUT2D eigenvalue weighted by molar-refractivity contribution is 0.340. The van der Waals surface area contributed by atoms with E-state index in [1.54, 1.807) is 0 Å². The highest BCUT2D eigenvalue weighted by Gasteiger charge is 2.37. The topological polar surface area (TPSA) is 35.2 Å². The fraction of sp³-hybridized carbons (Fsp3) is 0.571. The zero-order valence-electron chi connectivity index (χ0n) is 10.3. The summed E-state index contributed by atoms with van der Waals surface area (Å²) in [6.45, 7) is 4.88. The number of aryl methyl sites for hydroxylation is 2. The molecule has 1 aromatic rings. The van der Waals surface area contributed by atoms with Crippen LogP contribution in [0, 0.1) is 6.92 Å². The molecule has 16 heavy (non-hydrogen) atoms. The molecular formula is C14H21NO. The predicted molar refractivity (Wildman–Crippen MR) is 66.8 cm³/mol. The van der Waals surface area contributed by atoms with Crippen LogP contribution in [0.3, 0.4) is 0 Å². The molecular weight excluding hydrogens is 198 g/mol. The maximum Gasteiger partial charge on any atom is 0.119 e. The lowest BCUT2D eigenvalue weighted by Gasteiger charge is -2.11. The van der Waals surface area contributed by atoms with E-state index in [1.165, 1.54) is 24.0 Å². The summed E-state index contributed by atoms with van der Waals surface area (Å²) in [4.78, 5) is 0. The Hall–Kier alpha value is -1.02. The lowest BCUT2D eigenvalue weighted by atomic mass is 10.00. The highest BCUT2D eigenvalue weighted by molar-refractivity contribution is 5.35. The maximum atomic E-state index is 6.10. The Bertz CT molecular complexity index is 369. The Labute approximate surface area is 97.8 Å². The minimum absolute atomic E-state index is 0.158. The van der Waals surface area contributed by atoms with Crippen molar-refractivity contribution in [1.82, 2.24) is 0 Å². The largest absolute Gasteiger partial charge is 0.494 e. The van der Waals surface area contributed by atoms with Crippen molar-refractivity contribution >= 4 is 0 Å². The van der Waals surface area contributed by atoms with Gasteiger partial charge in [0.2, 0.25) is 0 Å². The molecule has 0 aliphatic heterocycles. The number of rotatable bonds is 5. The van der Waals surface area contributed by atoms with Crippen molar-refractivity contribution < 1.29 is 4.74 Å². The molecule has 0 spiro atoms. The van der Waals surface area contributed by atoms with Gasteiger partial charge in [-0.05, 0) is 62.8 Å². The zero-order chi connectivity index (χ0) is 11.6. The van der Waals surface area contributed by atoms with Crippen molar-refractivity contribution in [2.75, 3.05) is 6.61 Å². The van der Waals surface area contributed by atoms with Crippen molar-refractivity contribution in [3.63, 3.8) is 0 Å². The van der Waals surface area contributed by atoms with E-state index in [4.69, 9.17) is 10.5 Å². The summed E-state index contributed by atoms with van der Waals surface area (Å²) in [5.74, 6) is 0.970. The highest BCUT2D eigenvalue weighted by atomic mass is 16.5. The molecule has 1 aliphatic carbocycles. The van der Waals surface area contributed by atoms with Crippen LogP contribution in [0.25, 0.3) is 0 Å². The summed E-state index contributed by atoms with van der Waals surface area (Å²) in [6, 6.07) is 6.35. The summed E-state index contributed by atoms with van der Waals surface area (Å²) >= 11 is 0. The Balaban J connectivity index is 1.98. The van der Waals surface area contributed by atoms with Gasteiger partial charge in [0.1, 0.15) is 5.75 Å². The van der Waals surface area contributed by atoms with Gasteiger partial charge in [0.05, 0.1) is 6.61 Å². The van der Waals surface area contributed by atoms with Crippen LogP contribution in [-0.2, 0) is 6.42 Å². The first kappa shape index (κ1) is 11.5. The maximum absolute atomic E-state index is 6.10. The number of hydrogen-bond acceptors (Lipinski definition) is 2. The van der Waals surface area contributed by atoms with Gasteiger partial charge in [-0.1, -0.05) is 6.07 Å². The van der Waals surface area contributed by atoms with E-state index in [1.807, 2.05) is 6.92 Å². The molecule has 0 aromatic heterocycles. The van der Waals surface area contributed by atoms with Gasteiger partial charge in [0.15, 0.2) is 0 Å². The van der Waals surface area contributed by atoms with Crippen LogP contribution in [0.4, 0.5) is 0 Å². The van der Waals surface area contributed by atoms with Crippen molar-refractivity contribution in [1.29, 1.82) is 0 Å². The van der Waals surface area contributed by atoms with Gasteiger partial charge in [-0.15, -0.1) is 0 Å². The molecule has 1 aromatic carbocycles. The SMILES string of the molecule is CCOc1ccc(CCC2(N)CC2)c(C)c1. The Kier molecular flexibility index (Phi) is 3.20. The molecule has 0 radical (unpaired) electrons. The molecule has 1 aliphatic rings. The molecule has 0 amide bonds. The Morgan fingerprint density at radius 3 is 2.69 bits per heavy atom. The average Bonchev–Trinajstić information content (AvgIpc) is 2.96. The molecule has 0 heterocycles. The first-order chi connectivity index (χ1) is 7.63. The van der Waals surface area contributed by atoms with Gasteiger partial charge >= 0.3 is 0 Å². The van der Waals surface area contributed by atoms with E-state index >= 15 is 0 Å². The van der Waals surface area contributed by atoms with E-state index in [0.29, 0.717) is 0 Å². The van der Waals surface area contributed by atoms with Gasteiger partial charge in [-0.3, -0.25) is 0 Å². The van der Waals surface area contributed by atoms with Crippen LogP contribution >= 0.6 is 0 Å².